The topological polar surface area (TPSA) is 80.1 Å². The molecule has 0 atom stereocenters. The maximum Gasteiger partial charge on any atom is 0.255 e. The van der Waals surface area contributed by atoms with Gasteiger partial charge >= 0.3 is 0 Å². The fourth-order valence-electron chi connectivity index (χ4n) is 3.11. The summed E-state index contributed by atoms with van der Waals surface area (Å²) in [7, 11) is 1.56. The summed E-state index contributed by atoms with van der Waals surface area (Å²) >= 11 is 1.68. The smallest absolute Gasteiger partial charge is 0.255 e. The molecule has 27 heavy (non-hydrogen) atoms. The summed E-state index contributed by atoms with van der Waals surface area (Å²) in [6, 6.07) is 13.3. The number of fused-ring (bicyclic) bond motifs is 2. The molecular formula is C20H19N3O3S. The fraction of sp³-hybridized carbons (Fsp3) is 0.200. The van der Waals surface area contributed by atoms with E-state index in [1.165, 1.54) is 0 Å². The molecule has 2 heterocycles. The number of rotatable bonds is 6. The van der Waals surface area contributed by atoms with Gasteiger partial charge in [-0.25, -0.2) is 0 Å². The van der Waals surface area contributed by atoms with Gasteiger partial charge in [0.05, 0.1) is 23.6 Å². The molecule has 2 aromatic heterocycles. The number of H-pyrrole nitrogens is 1. The van der Waals surface area contributed by atoms with Crippen molar-refractivity contribution >= 4 is 39.5 Å². The third kappa shape index (κ3) is 3.14. The second-order valence-corrected chi connectivity index (χ2v) is 7.02. The third-order valence-electron chi connectivity index (χ3n) is 4.38. The number of nitrogens with one attached hydrogen (secondary N) is 2. The van der Waals surface area contributed by atoms with Crippen LogP contribution >= 0.6 is 11.8 Å². The number of nitrogens with zero attached hydrogens (tertiary/aromatic N) is 1. The molecule has 2 N–H and O–H groups in total. The van der Waals surface area contributed by atoms with Crippen LogP contribution in [0.3, 0.4) is 0 Å². The van der Waals surface area contributed by atoms with Gasteiger partial charge in [-0.1, -0.05) is 18.2 Å². The Labute approximate surface area is 160 Å². The van der Waals surface area contributed by atoms with Gasteiger partial charge in [0, 0.05) is 17.7 Å². The number of carbonyl (C=O) groups excluding carboxylic acids is 1. The van der Waals surface area contributed by atoms with Crippen LogP contribution in [0.4, 0.5) is 0 Å². The van der Waals surface area contributed by atoms with Gasteiger partial charge in [0.1, 0.15) is 17.0 Å². The summed E-state index contributed by atoms with van der Waals surface area (Å²) < 4.78 is 11.6. The number of hydrogen-bond acceptors (Lipinski definition) is 5. The highest BCUT2D eigenvalue weighted by atomic mass is 32.2. The lowest BCUT2D eigenvalue weighted by atomic mass is 10.1. The Morgan fingerprint density at radius 2 is 2.15 bits per heavy atom. The van der Waals surface area contributed by atoms with Gasteiger partial charge in [-0.3, -0.25) is 9.89 Å². The third-order valence-corrected chi connectivity index (χ3v) is 4.99. The first-order valence-corrected chi connectivity index (χ1v) is 9.93. The molecule has 0 aliphatic heterocycles. The van der Waals surface area contributed by atoms with E-state index in [1.54, 1.807) is 24.9 Å². The van der Waals surface area contributed by atoms with E-state index in [0.29, 0.717) is 29.3 Å². The van der Waals surface area contributed by atoms with Crippen molar-refractivity contribution in [3.8, 4) is 17.2 Å². The Hall–Kier alpha value is -2.93. The molecule has 0 aliphatic rings. The van der Waals surface area contributed by atoms with Gasteiger partial charge in [-0.05, 0) is 30.5 Å². The summed E-state index contributed by atoms with van der Waals surface area (Å²) in [6.45, 7) is 0.600. The van der Waals surface area contributed by atoms with Crippen LogP contribution in [-0.4, -0.2) is 41.8 Å². The standard InChI is InChI=1S/C20H19N3O3S/c1-25-19-13(20(24)21-9-10-27-2)7-8-14-17(19)18(23-22-14)16-11-12-5-3-4-6-15(12)26-16/h3-8,11H,9-10H2,1-2H3,(H,21,24)(H,22,23). The molecule has 0 fully saturated rings. The van der Waals surface area contributed by atoms with Crippen LogP contribution in [0.25, 0.3) is 33.3 Å². The van der Waals surface area contributed by atoms with E-state index in [9.17, 15) is 4.79 Å². The Morgan fingerprint density at radius 1 is 1.30 bits per heavy atom. The first-order chi connectivity index (χ1) is 13.2. The van der Waals surface area contributed by atoms with Gasteiger partial charge in [-0.2, -0.15) is 16.9 Å². The molecule has 4 rings (SSSR count). The number of carbonyl (C=O) groups is 1. The molecule has 0 saturated carbocycles. The van der Waals surface area contributed by atoms with Crippen molar-refractivity contribution in [2.24, 2.45) is 0 Å². The minimum atomic E-state index is -0.167. The number of amides is 1. The van der Waals surface area contributed by atoms with Gasteiger partial charge < -0.3 is 14.5 Å². The number of aromatic amines is 1. The molecule has 0 spiro atoms. The molecule has 1 amide bonds. The van der Waals surface area contributed by atoms with Crippen molar-refractivity contribution in [3.63, 3.8) is 0 Å². The number of thioether (sulfide) groups is 1. The van der Waals surface area contributed by atoms with Crippen molar-refractivity contribution in [2.75, 3.05) is 25.7 Å². The molecule has 0 saturated heterocycles. The van der Waals surface area contributed by atoms with Crippen LogP contribution < -0.4 is 10.1 Å². The van der Waals surface area contributed by atoms with Crippen LogP contribution in [0.1, 0.15) is 10.4 Å². The van der Waals surface area contributed by atoms with Crippen molar-refractivity contribution < 1.29 is 13.9 Å². The maximum atomic E-state index is 12.6. The fourth-order valence-corrected chi connectivity index (χ4v) is 3.42. The zero-order valence-electron chi connectivity index (χ0n) is 15.0. The van der Waals surface area contributed by atoms with Crippen LogP contribution in [0.15, 0.2) is 46.9 Å². The van der Waals surface area contributed by atoms with Crippen molar-refractivity contribution in [3.05, 3.63) is 48.0 Å². The lowest BCUT2D eigenvalue weighted by Crippen LogP contribution is -2.26. The highest BCUT2D eigenvalue weighted by Crippen LogP contribution is 2.38. The SMILES string of the molecule is COc1c(C(=O)NCCSC)ccc2[nH]nc(-c3cc4ccccc4o3)c12. The number of ether oxygens (including phenoxy) is 1. The van der Waals surface area contributed by atoms with Crippen LogP contribution in [0, 0.1) is 0 Å². The number of para-hydroxylation sites is 1. The van der Waals surface area contributed by atoms with Crippen molar-refractivity contribution in [1.29, 1.82) is 0 Å². The first-order valence-electron chi connectivity index (χ1n) is 8.54. The van der Waals surface area contributed by atoms with Crippen molar-refractivity contribution in [1.82, 2.24) is 15.5 Å². The summed E-state index contributed by atoms with van der Waals surface area (Å²) in [6.07, 6.45) is 2.00. The first kappa shape index (κ1) is 17.5. The normalized spacial score (nSPS) is 11.2. The monoisotopic (exact) mass is 381 g/mol. The quantitative estimate of drug-likeness (QED) is 0.492. The average Bonchev–Trinajstić information content (AvgIpc) is 3.30. The minimum absolute atomic E-state index is 0.167. The molecule has 0 bridgehead atoms. The number of methoxy groups -OCH3 is 1. The predicted octanol–water partition coefficient (Wildman–Crippen LogP) is 4.08. The number of aromatic nitrogens is 2. The largest absolute Gasteiger partial charge is 0.495 e. The van der Waals surface area contributed by atoms with E-state index in [4.69, 9.17) is 9.15 Å². The maximum absolute atomic E-state index is 12.6. The van der Waals surface area contributed by atoms with E-state index in [2.05, 4.69) is 15.5 Å². The van der Waals surface area contributed by atoms with E-state index >= 15 is 0 Å². The molecule has 7 heteroatoms. The van der Waals surface area contributed by atoms with E-state index in [-0.39, 0.29) is 5.91 Å². The molecule has 0 unspecified atom stereocenters. The molecule has 138 valence electrons. The number of hydrogen-bond donors (Lipinski definition) is 2. The van der Waals surface area contributed by atoms with E-state index < -0.39 is 0 Å². The lowest BCUT2D eigenvalue weighted by Gasteiger charge is -2.10. The summed E-state index contributed by atoms with van der Waals surface area (Å²) in [4.78, 5) is 12.6. The second kappa shape index (κ2) is 7.36. The zero-order valence-corrected chi connectivity index (χ0v) is 15.9. The van der Waals surface area contributed by atoms with Gasteiger partial charge in [0.15, 0.2) is 5.76 Å². The predicted molar refractivity (Wildman–Crippen MR) is 109 cm³/mol. The van der Waals surface area contributed by atoms with Gasteiger partial charge in [0.25, 0.3) is 5.91 Å². The Bertz CT molecular complexity index is 1080. The van der Waals surface area contributed by atoms with Gasteiger partial charge in [-0.15, -0.1) is 0 Å². The van der Waals surface area contributed by atoms with Crippen LogP contribution in [0.2, 0.25) is 0 Å². The zero-order chi connectivity index (χ0) is 18.8. The number of furan rings is 1. The highest BCUT2D eigenvalue weighted by Gasteiger charge is 2.22. The van der Waals surface area contributed by atoms with E-state index in [0.717, 1.165) is 27.6 Å². The Balaban J connectivity index is 1.82. The molecule has 0 aliphatic carbocycles. The molecular weight excluding hydrogens is 362 g/mol. The van der Waals surface area contributed by atoms with Crippen LogP contribution in [0.5, 0.6) is 5.75 Å². The Morgan fingerprint density at radius 3 is 2.93 bits per heavy atom. The second-order valence-electron chi connectivity index (χ2n) is 6.04. The van der Waals surface area contributed by atoms with Crippen molar-refractivity contribution in [2.45, 2.75) is 0 Å². The van der Waals surface area contributed by atoms with Gasteiger partial charge in [0.2, 0.25) is 0 Å². The summed E-state index contributed by atoms with van der Waals surface area (Å²) in [5.41, 5.74) is 2.67. The minimum Gasteiger partial charge on any atom is -0.495 e. The summed E-state index contributed by atoms with van der Waals surface area (Å²) in [5, 5.41) is 12.1. The molecule has 2 aromatic carbocycles. The van der Waals surface area contributed by atoms with E-state index in [1.807, 2.05) is 42.7 Å². The average molecular weight is 381 g/mol. The molecule has 6 nitrogen and oxygen atoms in total. The molecule has 0 radical (unpaired) electrons. The molecule has 4 aromatic rings. The highest BCUT2D eigenvalue weighted by molar-refractivity contribution is 7.98. The summed E-state index contributed by atoms with van der Waals surface area (Å²) in [5.74, 6) is 1.80. The lowest BCUT2D eigenvalue weighted by molar-refractivity contribution is 0.0953. The van der Waals surface area contributed by atoms with Crippen LogP contribution in [-0.2, 0) is 0 Å². The Kier molecular flexibility index (Phi) is 4.77. The number of benzene rings is 2.